The number of aromatic hydroxyl groups is 1. The Morgan fingerprint density at radius 1 is 1.42 bits per heavy atom. The Hall–Kier alpha value is -1.88. The summed E-state index contributed by atoms with van der Waals surface area (Å²) in [4.78, 5) is 24.4. The zero-order valence-corrected chi connectivity index (χ0v) is 11.7. The number of pyridine rings is 1. The van der Waals surface area contributed by atoms with Gasteiger partial charge in [-0.3, -0.25) is 14.2 Å². The molecule has 4 nitrogen and oxygen atoms in total. The second-order valence-corrected chi connectivity index (χ2v) is 5.39. The van der Waals surface area contributed by atoms with Gasteiger partial charge >= 0.3 is 0 Å². The van der Waals surface area contributed by atoms with Crippen molar-refractivity contribution in [1.29, 1.82) is 0 Å². The average Bonchev–Trinajstić information content (AvgIpc) is 2.71. The van der Waals surface area contributed by atoms with E-state index in [2.05, 4.69) is 0 Å². The Labute approximate surface area is 115 Å². The summed E-state index contributed by atoms with van der Waals surface area (Å²) in [5.41, 5.74) is 0.578. The lowest BCUT2D eigenvalue weighted by molar-refractivity contribution is 0.0985. The van der Waals surface area contributed by atoms with Crippen LogP contribution in [0.5, 0.6) is 5.75 Å². The van der Waals surface area contributed by atoms with E-state index in [1.165, 1.54) is 28.2 Å². The molecule has 0 aliphatic carbocycles. The molecule has 0 saturated carbocycles. The standard InChI is InChI=1S/C14H15NO3S/c1-3-4-11(17)14-9(2)7-13(19-14)15-6-5-10(16)8-12(15)18/h5-8,16H,3-4H2,1-2H3. The Balaban J connectivity index is 2.45. The maximum Gasteiger partial charge on any atom is 0.259 e. The third kappa shape index (κ3) is 2.76. The van der Waals surface area contributed by atoms with Crippen molar-refractivity contribution < 1.29 is 9.90 Å². The van der Waals surface area contributed by atoms with Crippen molar-refractivity contribution in [2.24, 2.45) is 0 Å². The van der Waals surface area contributed by atoms with Gasteiger partial charge in [0, 0.05) is 18.7 Å². The fourth-order valence-corrected chi connectivity index (χ4v) is 2.98. The van der Waals surface area contributed by atoms with Crippen LogP contribution in [0.3, 0.4) is 0 Å². The van der Waals surface area contributed by atoms with Crippen LogP contribution < -0.4 is 5.56 Å². The molecule has 2 aromatic heterocycles. The zero-order valence-electron chi connectivity index (χ0n) is 10.8. The summed E-state index contributed by atoms with van der Waals surface area (Å²) in [6.45, 7) is 3.83. The minimum Gasteiger partial charge on any atom is -0.508 e. The molecule has 0 saturated heterocycles. The highest BCUT2D eigenvalue weighted by Crippen LogP contribution is 2.26. The van der Waals surface area contributed by atoms with Crippen LogP contribution in [0.1, 0.15) is 35.0 Å². The predicted octanol–water partition coefficient (Wildman–Crippen LogP) is 2.90. The second kappa shape index (κ2) is 5.40. The summed E-state index contributed by atoms with van der Waals surface area (Å²) >= 11 is 1.31. The van der Waals surface area contributed by atoms with Crippen molar-refractivity contribution in [3.63, 3.8) is 0 Å². The van der Waals surface area contributed by atoms with Gasteiger partial charge in [-0.05, 0) is 31.0 Å². The van der Waals surface area contributed by atoms with Gasteiger partial charge in [-0.2, -0.15) is 0 Å². The molecule has 2 heterocycles. The molecule has 0 radical (unpaired) electrons. The molecule has 2 rings (SSSR count). The molecule has 5 heteroatoms. The summed E-state index contributed by atoms with van der Waals surface area (Å²) in [5, 5.41) is 9.93. The first-order valence-corrected chi connectivity index (χ1v) is 6.90. The van der Waals surface area contributed by atoms with Gasteiger partial charge in [-0.1, -0.05) is 6.92 Å². The minimum atomic E-state index is -0.309. The highest BCUT2D eigenvalue weighted by molar-refractivity contribution is 7.16. The molecule has 100 valence electrons. The molecule has 0 spiro atoms. The van der Waals surface area contributed by atoms with Crippen LogP contribution in [-0.4, -0.2) is 15.5 Å². The van der Waals surface area contributed by atoms with Crippen molar-refractivity contribution >= 4 is 17.1 Å². The summed E-state index contributed by atoms with van der Waals surface area (Å²) in [7, 11) is 0. The molecule has 0 amide bonds. The number of nitrogens with zero attached hydrogens (tertiary/aromatic N) is 1. The number of rotatable bonds is 4. The van der Waals surface area contributed by atoms with Gasteiger partial charge in [0.25, 0.3) is 5.56 Å². The third-order valence-electron chi connectivity index (χ3n) is 2.78. The van der Waals surface area contributed by atoms with Gasteiger partial charge in [0.1, 0.15) is 10.8 Å². The Morgan fingerprint density at radius 3 is 2.79 bits per heavy atom. The Bertz CT molecular complexity index is 670. The van der Waals surface area contributed by atoms with E-state index in [-0.39, 0.29) is 17.1 Å². The van der Waals surface area contributed by atoms with Crippen molar-refractivity contribution in [3.05, 3.63) is 45.2 Å². The van der Waals surface area contributed by atoms with E-state index in [0.717, 1.165) is 18.1 Å². The predicted molar refractivity (Wildman–Crippen MR) is 75.6 cm³/mol. The van der Waals surface area contributed by atoms with E-state index < -0.39 is 0 Å². The smallest absolute Gasteiger partial charge is 0.259 e. The summed E-state index contributed by atoms with van der Waals surface area (Å²) in [5.74, 6) is 0.0555. The lowest BCUT2D eigenvalue weighted by Crippen LogP contribution is -2.14. The lowest BCUT2D eigenvalue weighted by atomic mass is 10.1. The van der Waals surface area contributed by atoms with Crippen LogP contribution in [0.15, 0.2) is 29.2 Å². The Morgan fingerprint density at radius 2 is 2.16 bits per heavy atom. The molecule has 0 aliphatic rings. The quantitative estimate of drug-likeness (QED) is 0.874. The fraction of sp³-hybridized carbons (Fsp3) is 0.286. The molecule has 0 bridgehead atoms. The van der Waals surface area contributed by atoms with Crippen molar-refractivity contribution in [2.45, 2.75) is 26.7 Å². The third-order valence-corrected chi connectivity index (χ3v) is 4.05. The van der Waals surface area contributed by atoms with Gasteiger partial charge < -0.3 is 5.11 Å². The fourth-order valence-electron chi connectivity index (χ4n) is 1.85. The Kier molecular flexibility index (Phi) is 3.85. The number of thiophene rings is 1. The molecule has 2 aromatic rings. The molecular weight excluding hydrogens is 262 g/mol. The average molecular weight is 277 g/mol. The van der Waals surface area contributed by atoms with Gasteiger partial charge in [0.15, 0.2) is 5.78 Å². The van der Waals surface area contributed by atoms with Crippen molar-refractivity contribution in [2.75, 3.05) is 0 Å². The molecule has 0 aliphatic heterocycles. The lowest BCUT2D eigenvalue weighted by Gasteiger charge is -2.01. The summed E-state index contributed by atoms with van der Waals surface area (Å²) in [6, 6.07) is 4.43. The molecule has 1 N–H and O–H groups in total. The first kappa shape index (κ1) is 13.5. The van der Waals surface area contributed by atoms with E-state index in [4.69, 9.17) is 0 Å². The molecule has 0 fully saturated rings. The van der Waals surface area contributed by atoms with Crippen LogP contribution in [0, 0.1) is 6.92 Å². The number of ketones is 1. The van der Waals surface area contributed by atoms with Crippen LogP contribution in [0.4, 0.5) is 0 Å². The van der Waals surface area contributed by atoms with Crippen molar-refractivity contribution in [3.8, 4) is 10.8 Å². The molecule has 0 atom stereocenters. The number of carbonyl (C=O) groups is 1. The maximum absolute atomic E-state index is 11.9. The number of aryl methyl sites for hydroxylation is 1. The van der Waals surface area contributed by atoms with E-state index in [1.54, 1.807) is 0 Å². The van der Waals surface area contributed by atoms with Crippen LogP contribution in [-0.2, 0) is 0 Å². The van der Waals surface area contributed by atoms with E-state index in [1.807, 2.05) is 19.9 Å². The number of aromatic nitrogens is 1. The van der Waals surface area contributed by atoms with Gasteiger partial charge in [-0.15, -0.1) is 11.3 Å². The van der Waals surface area contributed by atoms with Crippen molar-refractivity contribution in [1.82, 2.24) is 4.57 Å². The van der Waals surface area contributed by atoms with Crippen LogP contribution in [0.2, 0.25) is 0 Å². The number of carbonyl (C=O) groups excluding carboxylic acids is 1. The molecule has 0 aromatic carbocycles. The number of Topliss-reactive ketones (excluding diaryl/α,β-unsaturated/α-hetero) is 1. The number of hydrogen-bond donors (Lipinski definition) is 1. The number of hydrogen-bond acceptors (Lipinski definition) is 4. The summed E-state index contributed by atoms with van der Waals surface area (Å²) in [6.07, 6.45) is 2.84. The first-order chi connectivity index (χ1) is 9.02. The normalized spacial score (nSPS) is 10.6. The molecule has 0 unspecified atom stereocenters. The molecular formula is C14H15NO3S. The zero-order chi connectivity index (χ0) is 14.0. The largest absolute Gasteiger partial charge is 0.508 e. The summed E-state index contributed by atoms with van der Waals surface area (Å²) < 4.78 is 1.43. The van der Waals surface area contributed by atoms with Gasteiger partial charge in [-0.25, -0.2) is 0 Å². The van der Waals surface area contributed by atoms with Gasteiger partial charge in [0.2, 0.25) is 0 Å². The van der Waals surface area contributed by atoms with E-state index >= 15 is 0 Å². The van der Waals surface area contributed by atoms with E-state index in [9.17, 15) is 14.7 Å². The van der Waals surface area contributed by atoms with Crippen LogP contribution in [0.25, 0.3) is 5.00 Å². The highest BCUT2D eigenvalue weighted by Gasteiger charge is 2.14. The minimum absolute atomic E-state index is 0.0585. The molecule has 19 heavy (non-hydrogen) atoms. The SMILES string of the molecule is CCCC(=O)c1sc(-n2ccc(O)cc2=O)cc1C. The second-order valence-electron chi connectivity index (χ2n) is 4.36. The monoisotopic (exact) mass is 277 g/mol. The van der Waals surface area contributed by atoms with E-state index in [0.29, 0.717) is 16.3 Å². The van der Waals surface area contributed by atoms with Crippen LogP contribution >= 0.6 is 11.3 Å². The highest BCUT2D eigenvalue weighted by atomic mass is 32.1. The first-order valence-electron chi connectivity index (χ1n) is 6.08. The maximum atomic E-state index is 11.9. The van der Waals surface area contributed by atoms with Gasteiger partial charge in [0.05, 0.1) is 4.88 Å². The topological polar surface area (TPSA) is 59.3 Å².